The van der Waals surface area contributed by atoms with Crippen molar-refractivity contribution in [2.45, 2.75) is 0 Å². The van der Waals surface area contributed by atoms with E-state index in [-0.39, 0.29) is 5.91 Å². The standard InChI is InChI=1S/C17H14BrN3O2/c1-23-14-6-7-16(18)15(10-14)17(22)20-12-2-4-13(5-3-12)21-9-8-19-11-21/h2-11H,1H3,(H,20,22). The fourth-order valence-electron chi connectivity index (χ4n) is 2.13. The van der Waals surface area contributed by atoms with Crippen LogP contribution in [0, 0.1) is 0 Å². The van der Waals surface area contributed by atoms with E-state index in [1.54, 1.807) is 37.8 Å². The molecule has 0 unspecified atom stereocenters. The average molecular weight is 372 g/mol. The second-order valence-corrected chi connectivity index (χ2v) is 5.67. The number of anilines is 1. The van der Waals surface area contributed by atoms with Crippen LogP contribution in [0.3, 0.4) is 0 Å². The molecule has 0 saturated carbocycles. The van der Waals surface area contributed by atoms with Crippen molar-refractivity contribution < 1.29 is 9.53 Å². The highest BCUT2D eigenvalue weighted by atomic mass is 79.9. The van der Waals surface area contributed by atoms with E-state index < -0.39 is 0 Å². The van der Waals surface area contributed by atoms with Crippen LogP contribution in [0.5, 0.6) is 5.75 Å². The minimum absolute atomic E-state index is 0.203. The number of methoxy groups -OCH3 is 1. The number of benzene rings is 2. The SMILES string of the molecule is COc1ccc(Br)c(C(=O)Nc2ccc(-n3ccnc3)cc2)c1. The Morgan fingerprint density at radius 3 is 2.65 bits per heavy atom. The van der Waals surface area contributed by atoms with Gasteiger partial charge in [0.05, 0.1) is 19.0 Å². The van der Waals surface area contributed by atoms with Crippen LogP contribution in [0.1, 0.15) is 10.4 Å². The second kappa shape index (κ2) is 6.66. The quantitative estimate of drug-likeness (QED) is 0.756. The van der Waals surface area contributed by atoms with Crippen LogP contribution in [0.4, 0.5) is 5.69 Å². The van der Waals surface area contributed by atoms with E-state index in [4.69, 9.17) is 4.74 Å². The van der Waals surface area contributed by atoms with Gasteiger partial charge in [-0.25, -0.2) is 4.98 Å². The van der Waals surface area contributed by atoms with Gasteiger partial charge in [0, 0.05) is 28.2 Å². The number of hydrogen-bond acceptors (Lipinski definition) is 3. The summed E-state index contributed by atoms with van der Waals surface area (Å²) in [6.07, 6.45) is 5.30. The Bertz CT molecular complexity index is 814. The molecule has 116 valence electrons. The van der Waals surface area contributed by atoms with Gasteiger partial charge in [-0.05, 0) is 58.4 Å². The van der Waals surface area contributed by atoms with Crippen LogP contribution >= 0.6 is 15.9 Å². The number of ether oxygens (including phenoxy) is 1. The Balaban J connectivity index is 1.78. The lowest BCUT2D eigenvalue weighted by Gasteiger charge is -2.09. The number of nitrogens with one attached hydrogen (secondary N) is 1. The molecule has 0 aliphatic carbocycles. The summed E-state index contributed by atoms with van der Waals surface area (Å²) in [5.74, 6) is 0.431. The first kappa shape index (κ1) is 15.3. The highest BCUT2D eigenvalue weighted by molar-refractivity contribution is 9.10. The van der Waals surface area contributed by atoms with Gasteiger partial charge >= 0.3 is 0 Å². The molecule has 0 saturated heterocycles. The summed E-state index contributed by atoms with van der Waals surface area (Å²) in [5.41, 5.74) is 2.21. The molecule has 1 amide bonds. The number of carbonyl (C=O) groups excluding carboxylic acids is 1. The minimum Gasteiger partial charge on any atom is -0.497 e. The van der Waals surface area contributed by atoms with E-state index in [9.17, 15) is 4.79 Å². The maximum atomic E-state index is 12.4. The number of hydrogen-bond donors (Lipinski definition) is 1. The molecule has 0 aliphatic rings. The summed E-state index contributed by atoms with van der Waals surface area (Å²) < 4.78 is 7.76. The third kappa shape index (κ3) is 3.43. The van der Waals surface area contributed by atoms with Crippen molar-refractivity contribution in [2.24, 2.45) is 0 Å². The molecule has 0 spiro atoms. The van der Waals surface area contributed by atoms with Crippen molar-refractivity contribution in [2.75, 3.05) is 12.4 Å². The van der Waals surface area contributed by atoms with Crippen molar-refractivity contribution in [1.82, 2.24) is 9.55 Å². The van der Waals surface area contributed by atoms with Crippen LogP contribution in [-0.2, 0) is 0 Å². The Morgan fingerprint density at radius 1 is 1.22 bits per heavy atom. The first-order valence-corrected chi connectivity index (χ1v) is 7.70. The van der Waals surface area contributed by atoms with Crippen molar-refractivity contribution >= 4 is 27.5 Å². The summed E-state index contributed by atoms with van der Waals surface area (Å²) in [6.45, 7) is 0. The second-order valence-electron chi connectivity index (χ2n) is 4.82. The maximum Gasteiger partial charge on any atom is 0.256 e. The average Bonchev–Trinajstić information content (AvgIpc) is 3.10. The molecule has 3 rings (SSSR count). The van der Waals surface area contributed by atoms with Crippen LogP contribution in [0.2, 0.25) is 0 Å². The Labute approximate surface area is 142 Å². The number of carbonyl (C=O) groups is 1. The lowest BCUT2D eigenvalue weighted by Crippen LogP contribution is -2.12. The van der Waals surface area contributed by atoms with Gasteiger partial charge in [-0.15, -0.1) is 0 Å². The number of amides is 1. The van der Waals surface area contributed by atoms with Crippen LogP contribution in [-0.4, -0.2) is 22.6 Å². The summed E-state index contributed by atoms with van der Waals surface area (Å²) in [7, 11) is 1.57. The van der Waals surface area contributed by atoms with Gasteiger partial charge in [-0.3, -0.25) is 4.79 Å². The number of imidazole rings is 1. The monoisotopic (exact) mass is 371 g/mol. The van der Waals surface area contributed by atoms with Gasteiger partial charge in [0.2, 0.25) is 0 Å². The molecule has 23 heavy (non-hydrogen) atoms. The molecule has 0 bridgehead atoms. The van der Waals surface area contributed by atoms with Gasteiger partial charge < -0.3 is 14.6 Å². The zero-order valence-corrected chi connectivity index (χ0v) is 13.9. The zero-order chi connectivity index (χ0) is 16.2. The fraction of sp³-hybridized carbons (Fsp3) is 0.0588. The van der Waals surface area contributed by atoms with E-state index in [0.717, 1.165) is 5.69 Å². The van der Waals surface area contributed by atoms with Crippen molar-refractivity contribution in [3.05, 3.63) is 71.2 Å². The highest BCUT2D eigenvalue weighted by Gasteiger charge is 2.11. The molecule has 2 aromatic carbocycles. The Kier molecular flexibility index (Phi) is 4.43. The molecule has 3 aromatic rings. The molecular formula is C17H14BrN3O2. The lowest BCUT2D eigenvalue weighted by molar-refractivity contribution is 0.102. The lowest BCUT2D eigenvalue weighted by atomic mass is 10.2. The summed E-state index contributed by atoms with van der Waals surface area (Å²) >= 11 is 3.38. The molecule has 0 radical (unpaired) electrons. The molecule has 1 N–H and O–H groups in total. The fourth-order valence-corrected chi connectivity index (χ4v) is 2.56. The van der Waals surface area contributed by atoms with Crippen molar-refractivity contribution in [3.63, 3.8) is 0 Å². The molecular weight excluding hydrogens is 358 g/mol. The molecule has 1 heterocycles. The van der Waals surface area contributed by atoms with Gasteiger partial charge in [0.1, 0.15) is 5.75 Å². The largest absolute Gasteiger partial charge is 0.497 e. The molecule has 5 nitrogen and oxygen atoms in total. The smallest absolute Gasteiger partial charge is 0.256 e. The first-order chi connectivity index (χ1) is 11.2. The normalized spacial score (nSPS) is 10.3. The molecule has 0 atom stereocenters. The van der Waals surface area contributed by atoms with Gasteiger partial charge in [-0.1, -0.05) is 0 Å². The Morgan fingerprint density at radius 2 is 2.00 bits per heavy atom. The van der Waals surface area contributed by atoms with Crippen LogP contribution in [0.25, 0.3) is 5.69 Å². The number of nitrogens with zero attached hydrogens (tertiary/aromatic N) is 2. The summed E-state index contributed by atoms with van der Waals surface area (Å²) in [4.78, 5) is 16.4. The van der Waals surface area contributed by atoms with E-state index in [0.29, 0.717) is 21.5 Å². The minimum atomic E-state index is -0.203. The van der Waals surface area contributed by atoms with E-state index >= 15 is 0 Å². The maximum absolute atomic E-state index is 12.4. The van der Waals surface area contributed by atoms with Gasteiger partial charge in [-0.2, -0.15) is 0 Å². The molecule has 1 aromatic heterocycles. The topological polar surface area (TPSA) is 56.1 Å². The van der Waals surface area contributed by atoms with E-state index in [1.165, 1.54) is 0 Å². The number of rotatable bonds is 4. The molecule has 0 fully saturated rings. The Hall–Kier alpha value is -2.60. The molecule has 0 aliphatic heterocycles. The van der Waals surface area contributed by atoms with Crippen molar-refractivity contribution in [1.29, 1.82) is 0 Å². The number of aromatic nitrogens is 2. The summed E-state index contributed by atoms with van der Waals surface area (Å²) in [6, 6.07) is 12.8. The van der Waals surface area contributed by atoms with Crippen molar-refractivity contribution in [3.8, 4) is 11.4 Å². The van der Waals surface area contributed by atoms with E-state index in [1.807, 2.05) is 35.0 Å². The van der Waals surface area contributed by atoms with Gasteiger partial charge in [0.15, 0.2) is 0 Å². The first-order valence-electron chi connectivity index (χ1n) is 6.90. The van der Waals surface area contributed by atoms with Crippen LogP contribution < -0.4 is 10.1 Å². The highest BCUT2D eigenvalue weighted by Crippen LogP contribution is 2.23. The predicted molar refractivity (Wildman–Crippen MR) is 92.2 cm³/mol. The predicted octanol–water partition coefficient (Wildman–Crippen LogP) is 3.90. The van der Waals surface area contributed by atoms with Crippen LogP contribution in [0.15, 0.2) is 65.7 Å². The number of halogens is 1. The zero-order valence-electron chi connectivity index (χ0n) is 12.4. The molecule has 6 heteroatoms. The third-order valence-corrected chi connectivity index (χ3v) is 4.04. The summed E-state index contributed by atoms with van der Waals surface area (Å²) in [5, 5.41) is 2.87. The van der Waals surface area contributed by atoms with E-state index in [2.05, 4.69) is 26.2 Å². The third-order valence-electron chi connectivity index (χ3n) is 3.35. The van der Waals surface area contributed by atoms with Gasteiger partial charge in [0.25, 0.3) is 5.91 Å².